The lowest BCUT2D eigenvalue weighted by Crippen LogP contribution is -2.15. The van der Waals surface area contributed by atoms with Crippen LogP contribution in [0.4, 0.5) is 11.4 Å². The fourth-order valence-electron chi connectivity index (χ4n) is 1.87. The van der Waals surface area contributed by atoms with Crippen LogP contribution in [0.5, 0.6) is 0 Å². The van der Waals surface area contributed by atoms with Crippen LogP contribution in [0, 0.1) is 0 Å². The van der Waals surface area contributed by atoms with Gasteiger partial charge in [-0.05, 0) is 48.7 Å². The second kappa shape index (κ2) is 16.7. The molecule has 0 spiro atoms. The third-order valence-corrected chi connectivity index (χ3v) is 3.76. The molecule has 9 nitrogen and oxygen atoms in total. The van der Waals surface area contributed by atoms with E-state index >= 15 is 0 Å². The van der Waals surface area contributed by atoms with Gasteiger partial charge in [-0.3, -0.25) is 0 Å². The normalized spacial score (nSPS) is 14.6. The zero-order chi connectivity index (χ0) is 23.6. The highest BCUT2D eigenvalue weighted by Gasteiger charge is 2.13. The maximum absolute atomic E-state index is 10.1. The Bertz CT molecular complexity index is 787. The highest BCUT2D eigenvalue weighted by molar-refractivity contribution is 5.51. The predicted molar refractivity (Wildman–Crippen MR) is 118 cm³/mol. The number of rotatable bonds is 6. The molecule has 9 heteroatoms. The Morgan fingerprint density at radius 2 is 1.25 bits per heavy atom. The van der Waals surface area contributed by atoms with Gasteiger partial charge >= 0.3 is 0 Å². The predicted octanol–water partition coefficient (Wildman–Crippen LogP) is 1.97. The van der Waals surface area contributed by atoms with Gasteiger partial charge in [-0.25, -0.2) is 9.59 Å². The van der Waals surface area contributed by atoms with Crippen molar-refractivity contribution in [2.75, 3.05) is 33.0 Å². The van der Waals surface area contributed by atoms with Gasteiger partial charge in [-0.2, -0.15) is 9.98 Å². The van der Waals surface area contributed by atoms with Crippen LogP contribution in [0.2, 0.25) is 0 Å². The number of aliphatic hydroxyl groups excluding tert-OH is 3. The van der Waals surface area contributed by atoms with E-state index in [0.29, 0.717) is 17.5 Å². The van der Waals surface area contributed by atoms with Gasteiger partial charge in [-0.1, -0.05) is 24.3 Å². The molecule has 2 aliphatic rings. The maximum atomic E-state index is 10.1. The van der Waals surface area contributed by atoms with E-state index in [1.54, 1.807) is 24.3 Å². The van der Waals surface area contributed by atoms with Gasteiger partial charge in [0.2, 0.25) is 12.2 Å². The summed E-state index contributed by atoms with van der Waals surface area (Å²) in [5.41, 5.74) is 3.40. The summed E-state index contributed by atoms with van der Waals surface area (Å²) in [4.78, 5) is 27.3. The molecule has 2 aromatic carbocycles. The van der Waals surface area contributed by atoms with E-state index in [1.165, 1.54) is 12.2 Å². The number of epoxide rings is 2. The average Bonchev–Trinajstić information content (AvgIpc) is 3.73. The zero-order valence-electron chi connectivity index (χ0n) is 17.9. The van der Waals surface area contributed by atoms with E-state index in [4.69, 9.17) is 20.1 Å². The summed E-state index contributed by atoms with van der Waals surface area (Å²) in [6.07, 6.45) is 3.40. The minimum absolute atomic E-state index is 0.365. The fraction of sp³-hybridized carbons (Fsp3) is 0.391. The lowest BCUT2D eigenvalue weighted by molar-refractivity contribution is 0.0450. The van der Waals surface area contributed by atoms with Crippen LogP contribution in [0.15, 0.2) is 58.5 Å². The topological polar surface area (TPSA) is 145 Å². The van der Waals surface area contributed by atoms with Crippen LogP contribution in [0.1, 0.15) is 18.1 Å². The number of aliphatic hydroxyl groups is 3. The van der Waals surface area contributed by atoms with E-state index in [2.05, 4.69) is 21.6 Å². The first kappa shape index (κ1) is 27.0. The van der Waals surface area contributed by atoms with Crippen molar-refractivity contribution in [2.45, 2.75) is 25.6 Å². The standard InChI is InChI=1S/C15H10N2O2.C3H8O3.C3H6O.C2H4O/c18-10-16-14-5-1-12(2-6-14)9-13-3-7-15(8-4-13)17-11-19;4-1-3(6)2-5;1-3-2-4-3;1-2-3-1/h1-8H,9H2;3-6H,1-2H2;3H,2H2,1H3;1-2H2. The molecule has 2 aliphatic heterocycles. The van der Waals surface area contributed by atoms with Gasteiger partial charge in [0.05, 0.1) is 50.5 Å². The van der Waals surface area contributed by atoms with Gasteiger partial charge in [0.15, 0.2) is 0 Å². The molecule has 0 bridgehead atoms. The summed E-state index contributed by atoms with van der Waals surface area (Å²) in [7, 11) is 0. The number of benzene rings is 2. The number of isocyanates is 2. The first-order valence-electron chi connectivity index (χ1n) is 9.95. The molecule has 0 amide bonds. The van der Waals surface area contributed by atoms with Gasteiger partial charge in [0, 0.05) is 0 Å². The van der Waals surface area contributed by atoms with Crippen LogP contribution in [0.25, 0.3) is 0 Å². The third-order valence-electron chi connectivity index (χ3n) is 3.76. The van der Waals surface area contributed by atoms with Crippen molar-refractivity contribution in [2.24, 2.45) is 9.98 Å². The Kier molecular flexibility index (Phi) is 14.1. The van der Waals surface area contributed by atoms with Crippen molar-refractivity contribution in [1.82, 2.24) is 0 Å². The number of hydrogen-bond acceptors (Lipinski definition) is 9. The van der Waals surface area contributed by atoms with Crippen LogP contribution >= 0.6 is 0 Å². The first-order chi connectivity index (χ1) is 15.5. The molecule has 32 heavy (non-hydrogen) atoms. The molecule has 0 aliphatic carbocycles. The van der Waals surface area contributed by atoms with Crippen molar-refractivity contribution in [1.29, 1.82) is 0 Å². The van der Waals surface area contributed by atoms with Crippen molar-refractivity contribution in [3.05, 3.63) is 59.7 Å². The Labute approximate surface area is 186 Å². The minimum Gasteiger partial charge on any atom is -0.394 e. The Hall–Kier alpha value is -3.00. The third kappa shape index (κ3) is 14.9. The van der Waals surface area contributed by atoms with Crippen LogP contribution in [0.3, 0.4) is 0 Å². The van der Waals surface area contributed by atoms with E-state index in [9.17, 15) is 9.59 Å². The van der Waals surface area contributed by atoms with Crippen LogP contribution < -0.4 is 0 Å². The zero-order valence-corrected chi connectivity index (χ0v) is 17.9. The van der Waals surface area contributed by atoms with E-state index < -0.39 is 6.10 Å². The van der Waals surface area contributed by atoms with Gasteiger partial charge < -0.3 is 24.8 Å². The summed E-state index contributed by atoms with van der Waals surface area (Å²) in [6.45, 7) is 4.31. The maximum Gasteiger partial charge on any atom is 0.240 e. The van der Waals surface area contributed by atoms with Gasteiger partial charge in [-0.15, -0.1) is 0 Å². The smallest absolute Gasteiger partial charge is 0.240 e. The summed E-state index contributed by atoms with van der Waals surface area (Å²) >= 11 is 0. The van der Waals surface area contributed by atoms with E-state index in [0.717, 1.165) is 37.4 Å². The molecule has 3 N–H and O–H groups in total. The summed E-state index contributed by atoms with van der Waals surface area (Å²) < 4.78 is 9.21. The Balaban J connectivity index is 0.000000316. The molecule has 0 radical (unpaired) electrons. The van der Waals surface area contributed by atoms with Crippen LogP contribution in [-0.4, -0.2) is 72.7 Å². The first-order valence-corrected chi connectivity index (χ1v) is 9.95. The molecule has 0 aromatic heterocycles. The summed E-state index contributed by atoms with van der Waals surface area (Å²) in [5.74, 6) is 0. The highest BCUT2D eigenvalue weighted by Crippen LogP contribution is 2.17. The van der Waals surface area contributed by atoms with Crippen molar-refractivity contribution >= 4 is 23.5 Å². The lowest BCUT2D eigenvalue weighted by Gasteiger charge is -2.02. The molecule has 2 fully saturated rings. The molecule has 1 unspecified atom stereocenters. The Morgan fingerprint density at radius 3 is 1.44 bits per heavy atom. The highest BCUT2D eigenvalue weighted by atomic mass is 16.6. The summed E-state index contributed by atoms with van der Waals surface area (Å²) in [6, 6.07) is 14.7. The quantitative estimate of drug-likeness (QED) is 0.351. The fourth-order valence-corrected chi connectivity index (χ4v) is 1.87. The van der Waals surface area contributed by atoms with Crippen LogP contribution in [-0.2, 0) is 25.5 Å². The van der Waals surface area contributed by atoms with Crippen molar-refractivity contribution in [3.63, 3.8) is 0 Å². The Morgan fingerprint density at radius 1 is 0.906 bits per heavy atom. The number of ether oxygens (including phenoxy) is 2. The largest absolute Gasteiger partial charge is 0.394 e. The number of nitrogens with zero attached hydrogens (tertiary/aromatic N) is 2. The minimum atomic E-state index is -0.954. The van der Waals surface area contributed by atoms with Crippen molar-refractivity contribution in [3.8, 4) is 0 Å². The molecule has 4 rings (SSSR count). The molecular formula is C23H28N2O7. The molecular weight excluding hydrogens is 416 g/mol. The average molecular weight is 444 g/mol. The van der Waals surface area contributed by atoms with Gasteiger partial charge in [0.25, 0.3) is 0 Å². The van der Waals surface area contributed by atoms with E-state index in [1.807, 2.05) is 24.3 Å². The SMILES string of the molecule is C1CO1.CC1CO1.O=C=Nc1ccc(Cc2ccc(N=C=O)cc2)cc1.OCC(O)CO. The number of hydrogen-bond donors (Lipinski definition) is 3. The number of aliphatic imine (C=N–C) groups is 2. The second-order valence-electron chi connectivity index (χ2n) is 6.69. The van der Waals surface area contributed by atoms with E-state index in [-0.39, 0.29) is 13.2 Å². The second-order valence-corrected chi connectivity index (χ2v) is 6.69. The monoisotopic (exact) mass is 444 g/mol. The summed E-state index contributed by atoms with van der Waals surface area (Å²) in [5, 5.41) is 24.0. The molecule has 2 saturated heterocycles. The van der Waals surface area contributed by atoms with Gasteiger partial charge in [0.1, 0.15) is 6.10 Å². The molecule has 2 heterocycles. The molecule has 1 atom stereocenters. The number of carbonyl (C=O) groups excluding carboxylic acids is 2. The lowest BCUT2D eigenvalue weighted by atomic mass is 10.0. The molecule has 0 saturated carbocycles. The molecule has 172 valence electrons. The molecule has 2 aromatic rings. The van der Waals surface area contributed by atoms with Crippen molar-refractivity contribution < 1.29 is 34.4 Å².